The maximum absolute atomic E-state index is 4.52. The summed E-state index contributed by atoms with van der Waals surface area (Å²) in [7, 11) is 2.01. The zero-order valence-electron chi connectivity index (χ0n) is 12.6. The van der Waals surface area contributed by atoms with Crippen molar-refractivity contribution < 1.29 is 0 Å². The molecule has 1 aliphatic rings. The van der Waals surface area contributed by atoms with Crippen molar-refractivity contribution in [2.24, 2.45) is 7.05 Å². The van der Waals surface area contributed by atoms with Crippen LogP contribution < -0.4 is 5.32 Å². The van der Waals surface area contributed by atoms with E-state index in [2.05, 4.69) is 54.7 Å². The van der Waals surface area contributed by atoms with Gasteiger partial charge in [-0.3, -0.25) is 4.68 Å². The van der Waals surface area contributed by atoms with Crippen LogP contribution in [0.1, 0.15) is 40.6 Å². The van der Waals surface area contributed by atoms with E-state index in [4.69, 9.17) is 0 Å². The largest absolute Gasteiger partial charge is 0.316 e. The van der Waals surface area contributed by atoms with Crippen LogP contribution >= 0.6 is 0 Å². The van der Waals surface area contributed by atoms with Crippen molar-refractivity contribution in [3.8, 4) is 0 Å². The van der Waals surface area contributed by atoms with E-state index in [1.807, 2.05) is 11.7 Å². The lowest BCUT2D eigenvalue weighted by atomic mass is 9.77. The van der Waals surface area contributed by atoms with Gasteiger partial charge in [0.1, 0.15) is 0 Å². The molecule has 1 aliphatic heterocycles. The zero-order valence-corrected chi connectivity index (χ0v) is 12.6. The van der Waals surface area contributed by atoms with E-state index < -0.39 is 0 Å². The molecule has 1 saturated heterocycles. The number of aromatic nitrogens is 2. The van der Waals surface area contributed by atoms with Crippen LogP contribution in [0, 0.1) is 13.8 Å². The summed E-state index contributed by atoms with van der Waals surface area (Å²) >= 11 is 0. The summed E-state index contributed by atoms with van der Waals surface area (Å²) in [6, 6.07) is 9.01. The number of nitrogens with zero attached hydrogens (tertiary/aromatic N) is 2. The van der Waals surface area contributed by atoms with Crippen LogP contribution in [0.5, 0.6) is 0 Å². The first-order chi connectivity index (χ1) is 9.65. The van der Waals surface area contributed by atoms with Crippen molar-refractivity contribution in [2.45, 2.75) is 32.1 Å². The van der Waals surface area contributed by atoms with Crippen LogP contribution in [0.25, 0.3) is 0 Å². The predicted octanol–water partition coefficient (Wildman–Crippen LogP) is 2.90. The Kier molecular flexibility index (Phi) is 3.62. The molecule has 1 aromatic heterocycles. The molecule has 0 spiro atoms. The minimum Gasteiger partial charge on any atom is -0.316 e. The second kappa shape index (κ2) is 5.41. The SMILES string of the molecule is Cc1ccc(C2CNCCC2c2cn(C)nc2C)cc1. The van der Waals surface area contributed by atoms with E-state index in [1.165, 1.54) is 28.8 Å². The Morgan fingerprint density at radius 1 is 1.15 bits per heavy atom. The molecule has 0 aliphatic carbocycles. The first-order valence-corrected chi connectivity index (χ1v) is 7.42. The van der Waals surface area contributed by atoms with Crippen molar-refractivity contribution in [3.63, 3.8) is 0 Å². The molecule has 2 unspecified atom stereocenters. The highest BCUT2D eigenvalue weighted by Crippen LogP contribution is 2.38. The van der Waals surface area contributed by atoms with Gasteiger partial charge in [0.2, 0.25) is 0 Å². The van der Waals surface area contributed by atoms with Crippen LogP contribution in [0.2, 0.25) is 0 Å². The van der Waals surface area contributed by atoms with Crippen LogP contribution in [-0.4, -0.2) is 22.9 Å². The molecule has 2 aromatic rings. The third-order valence-electron chi connectivity index (χ3n) is 4.44. The number of rotatable bonds is 2. The first kappa shape index (κ1) is 13.4. The standard InChI is InChI=1S/C17H23N3/c1-12-4-6-14(7-5-12)16-10-18-9-8-15(16)17-11-20(3)19-13(17)2/h4-7,11,15-16,18H,8-10H2,1-3H3. The van der Waals surface area contributed by atoms with Gasteiger partial charge in [-0.05, 0) is 43.9 Å². The Morgan fingerprint density at radius 2 is 1.90 bits per heavy atom. The van der Waals surface area contributed by atoms with E-state index in [9.17, 15) is 0 Å². The summed E-state index contributed by atoms with van der Waals surface area (Å²) in [5, 5.41) is 8.07. The van der Waals surface area contributed by atoms with Gasteiger partial charge in [-0.1, -0.05) is 29.8 Å². The lowest BCUT2D eigenvalue weighted by Crippen LogP contribution is -2.34. The molecule has 0 bridgehead atoms. The Labute approximate surface area is 121 Å². The Morgan fingerprint density at radius 3 is 2.55 bits per heavy atom. The molecular formula is C17H23N3. The van der Waals surface area contributed by atoms with Gasteiger partial charge in [-0.15, -0.1) is 0 Å². The molecule has 20 heavy (non-hydrogen) atoms. The normalized spacial score (nSPS) is 22.9. The fourth-order valence-corrected chi connectivity index (χ4v) is 3.38. The minimum absolute atomic E-state index is 0.548. The number of benzene rings is 1. The smallest absolute Gasteiger partial charge is 0.0628 e. The Balaban J connectivity index is 1.95. The number of piperidine rings is 1. The highest BCUT2D eigenvalue weighted by Gasteiger charge is 2.29. The van der Waals surface area contributed by atoms with Gasteiger partial charge in [0, 0.05) is 25.7 Å². The molecule has 0 amide bonds. The van der Waals surface area contributed by atoms with Crippen molar-refractivity contribution in [3.05, 3.63) is 52.8 Å². The molecule has 106 valence electrons. The molecule has 1 aromatic carbocycles. The highest BCUT2D eigenvalue weighted by atomic mass is 15.2. The van der Waals surface area contributed by atoms with Crippen LogP contribution in [0.15, 0.2) is 30.5 Å². The van der Waals surface area contributed by atoms with Crippen molar-refractivity contribution in [1.29, 1.82) is 0 Å². The summed E-state index contributed by atoms with van der Waals surface area (Å²) in [5.74, 6) is 1.12. The van der Waals surface area contributed by atoms with E-state index in [1.54, 1.807) is 0 Å². The number of hydrogen-bond donors (Lipinski definition) is 1. The molecular weight excluding hydrogens is 246 g/mol. The quantitative estimate of drug-likeness (QED) is 0.908. The average Bonchev–Trinajstić information content (AvgIpc) is 2.78. The molecule has 2 heterocycles. The van der Waals surface area contributed by atoms with Gasteiger partial charge in [0.15, 0.2) is 0 Å². The fourth-order valence-electron chi connectivity index (χ4n) is 3.38. The molecule has 1 fully saturated rings. The average molecular weight is 269 g/mol. The van der Waals surface area contributed by atoms with Gasteiger partial charge in [0.25, 0.3) is 0 Å². The van der Waals surface area contributed by atoms with Gasteiger partial charge < -0.3 is 5.32 Å². The summed E-state index contributed by atoms with van der Waals surface area (Å²) in [4.78, 5) is 0. The monoisotopic (exact) mass is 269 g/mol. The lowest BCUT2D eigenvalue weighted by Gasteiger charge is -2.32. The second-order valence-corrected chi connectivity index (χ2v) is 5.96. The summed E-state index contributed by atoms with van der Waals surface area (Å²) in [5.41, 5.74) is 5.36. The molecule has 0 radical (unpaired) electrons. The second-order valence-electron chi connectivity index (χ2n) is 5.96. The first-order valence-electron chi connectivity index (χ1n) is 7.42. The van der Waals surface area contributed by atoms with E-state index in [0.717, 1.165) is 13.1 Å². The maximum Gasteiger partial charge on any atom is 0.0628 e. The topological polar surface area (TPSA) is 29.9 Å². The van der Waals surface area contributed by atoms with Crippen LogP contribution in [-0.2, 0) is 7.05 Å². The van der Waals surface area contributed by atoms with E-state index in [-0.39, 0.29) is 0 Å². The molecule has 3 heteroatoms. The zero-order chi connectivity index (χ0) is 14.1. The molecule has 2 atom stereocenters. The minimum atomic E-state index is 0.548. The number of hydrogen-bond acceptors (Lipinski definition) is 2. The van der Waals surface area contributed by atoms with Gasteiger partial charge in [-0.2, -0.15) is 5.10 Å². The van der Waals surface area contributed by atoms with Crippen LogP contribution in [0.3, 0.4) is 0 Å². The van der Waals surface area contributed by atoms with E-state index >= 15 is 0 Å². The van der Waals surface area contributed by atoms with Crippen LogP contribution in [0.4, 0.5) is 0 Å². The lowest BCUT2D eigenvalue weighted by molar-refractivity contribution is 0.403. The third-order valence-corrected chi connectivity index (χ3v) is 4.44. The summed E-state index contributed by atoms with van der Waals surface area (Å²) in [6.45, 7) is 6.43. The Hall–Kier alpha value is -1.61. The van der Waals surface area contributed by atoms with E-state index in [0.29, 0.717) is 11.8 Å². The van der Waals surface area contributed by atoms with Gasteiger partial charge >= 0.3 is 0 Å². The summed E-state index contributed by atoms with van der Waals surface area (Å²) in [6.07, 6.45) is 3.39. The predicted molar refractivity (Wildman–Crippen MR) is 82.1 cm³/mol. The molecule has 3 rings (SSSR count). The molecule has 1 N–H and O–H groups in total. The molecule has 3 nitrogen and oxygen atoms in total. The maximum atomic E-state index is 4.52. The van der Waals surface area contributed by atoms with Crippen molar-refractivity contribution in [2.75, 3.05) is 13.1 Å². The van der Waals surface area contributed by atoms with Crippen molar-refractivity contribution >= 4 is 0 Å². The molecule has 0 saturated carbocycles. The number of nitrogens with one attached hydrogen (secondary N) is 1. The highest BCUT2D eigenvalue weighted by molar-refractivity contribution is 5.32. The van der Waals surface area contributed by atoms with Crippen molar-refractivity contribution in [1.82, 2.24) is 15.1 Å². The Bertz CT molecular complexity index is 583. The summed E-state index contributed by atoms with van der Waals surface area (Å²) < 4.78 is 1.94. The number of aryl methyl sites for hydroxylation is 3. The van der Waals surface area contributed by atoms with Gasteiger partial charge in [0.05, 0.1) is 5.69 Å². The third kappa shape index (κ3) is 2.50. The van der Waals surface area contributed by atoms with Gasteiger partial charge in [-0.25, -0.2) is 0 Å². The fraction of sp³-hybridized carbons (Fsp3) is 0.471.